The van der Waals surface area contributed by atoms with Crippen LogP contribution in [0.15, 0.2) is 24.4 Å². The van der Waals surface area contributed by atoms with Crippen molar-refractivity contribution in [1.29, 1.82) is 0 Å². The van der Waals surface area contributed by atoms with E-state index in [0.29, 0.717) is 29.3 Å². The van der Waals surface area contributed by atoms with Crippen molar-refractivity contribution in [3.63, 3.8) is 0 Å². The van der Waals surface area contributed by atoms with Crippen molar-refractivity contribution in [3.8, 4) is 0 Å². The van der Waals surface area contributed by atoms with E-state index in [2.05, 4.69) is 0 Å². The Balaban J connectivity index is 1.56. The molecule has 3 unspecified atom stereocenters. The zero-order valence-electron chi connectivity index (χ0n) is 16.5. The molecule has 7 heteroatoms. The van der Waals surface area contributed by atoms with Gasteiger partial charge in [0.25, 0.3) is 5.92 Å². The lowest BCUT2D eigenvalue weighted by molar-refractivity contribution is -0.142. The van der Waals surface area contributed by atoms with Crippen LogP contribution in [0.4, 0.5) is 8.78 Å². The van der Waals surface area contributed by atoms with Gasteiger partial charge < -0.3 is 14.2 Å². The minimum Gasteiger partial charge on any atom is -0.390 e. The normalized spacial score (nSPS) is 29.4. The monoisotopic (exact) mass is 425 g/mol. The maximum absolute atomic E-state index is 13.8. The van der Waals surface area contributed by atoms with E-state index in [1.165, 1.54) is 6.92 Å². The molecule has 0 amide bonds. The second-order valence-corrected chi connectivity index (χ2v) is 9.04. The number of ketones is 1. The van der Waals surface area contributed by atoms with Crippen LogP contribution in [0.5, 0.6) is 0 Å². The van der Waals surface area contributed by atoms with Crippen LogP contribution in [-0.2, 0) is 4.74 Å². The van der Waals surface area contributed by atoms with Gasteiger partial charge in [0, 0.05) is 48.7 Å². The van der Waals surface area contributed by atoms with Crippen LogP contribution in [0.2, 0.25) is 5.02 Å². The van der Waals surface area contributed by atoms with Gasteiger partial charge in [-0.15, -0.1) is 0 Å². The van der Waals surface area contributed by atoms with Crippen LogP contribution >= 0.6 is 11.6 Å². The highest BCUT2D eigenvalue weighted by atomic mass is 35.5. The first kappa shape index (κ1) is 20.8. The Morgan fingerprint density at radius 3 is 2.90 bits per heavy atom. The summed E-state index contributed by atoms with van der Waals surface area (Å²) in [5.74, 6) is -3.57. The topological polar surface area (TPSA) is 50.9 Å². The summed E-state index contributed by atoms with van der Waals surface area (Å²) in [7, 11) is 0. The van der Waals surface area contributed by atoms with Crippen LogP contribution in [-0.4, -0.2) is 40.0 Å². The fraction of sp³-hybridized carbons (Fsp3) is 0.591. The van der Waals surface area contributed by atoms with Gasteiger partial charge in [0.1, 0.15) is 0 Å². The lowest BCUT2D eigenvalue weighted by Crippen LogP contribution is -2.44. The fourth-order valence-corrected chi connectivity index (χ4v) is 4.98. The molecule has 3 atom stereocenters. The largest absolute Gasteiger partial charge is 0.390 e. The zero-order valence-corrected chi connectivity index (χ0v) is 17.2. The molecule has 1 saturated carbocycles. The summed E-state index contributed by atoms with van der Waals surface area (Å²) in [4.78, 5) is 13.1. The van der Waals surface area contributed by atoms with Gasteiger partial charge in [0.05, 0.1) is 22.7 Å². The third kappa shape index (κ3) is 3.94. The molecule has 2 aromatic heterocycles. The summed E-state index contributed by atoms with van der Waals surface area (Å²) >= 11 is 6.42. The summed E-state index contributed by atoms with van der Waals surface area (Å²) in [6.45, 7) is 2.76. The first-order valence-electron chi connectivity index (χ1n) is 10.2. The molecule has 0 spiro atoms. The van der Waals surface area contributed by atoms with E-state index >= 15 is 0 Å². The predicted molar refractivity (Wildman–Crippen MR) is 107 cm³/mol. The van der Waals surface area contributed by atoms with Crippen LogP contribution < -0.4 is 0 Å². The zero-order chi connectivity index (χ0) is 20.8. The Bertz CT molecular complexity index is 922. The van der Waals surface area contributed by atoms with Crippen LogP contribution in [0.3, 0.4) is 0 Å². The summed E-state index contributed by atoms with van der Waals surface area (Å²) in [6, 6.07) is 5.47. The van der Waals surface area contributed by atoms with E-state index in [9.17, 15) is 18.7 Å². The number of aliphatic hydroxyl groups is 1. The van der Waals surface area contributed by atoms with E-state index in [0.717, 1.165) is 12.1 Å². The van der Waals surface area contributed by atoms with Crippen molar-refractivity contribution < 1.29 is 23.4 Å². The number of carbonyl (C=O) groups is 1. The highest BCUT2D eigenvalue weighted by molar-refractivity contribution is 6.35. The number of aromatic nitrogens is 1. The molecule has 1 aliphatic carbocycles. The second kappa shape index (κ2) is 7.64. The maximum Gasteiger partial charge on any atom is 0.250 e. The fourth-order valence-electron chi connectivity index (χ4n) is 4.71. The first-order chi connectivity index (χ1) is 13.7. The molecule has 1 N–H and O–H groups in total. The van der Waals surface area contributed by atoms with Gasteiger partial charge in [0.15, 0.2) is 5.78 Å². The van der Waals surface area contributed by atoms with Gasteiger partial charge in [-0.05, 0) is 43.9 Å². The number of hydrogen-bond acceptors (Lipinski definition) is 3. The van der Waals surface area contributed by atoms with Gasteiger partial charge in [-0.2, -0.15) is 0 Å². The minimum absolute atomic E-state index is 0.00914. The number of pyridine rings is 1. The number of hydrogen-bond donors (Lipinski definition) is 1. The number of fused-ring (bicyclic) bond motifs is 1. The molecule has 2 aromatic rings. The number of halogens is 3. The van der Waals surface area contributed by atoms with Gasteiger partial charge in [-0.3, -0.25) is 4.79 Å². The molecular formula is C22H26ClF2NO3. The summed E-state index contributed by atoms with van der Waals surface area (Å²) in [5.41, 5.74) is 0.956. The van der Waals surface area contributed by atoms with Crippen molar-refractivity contribution in [2.24, 2.45) is 5.92 Å². The van der Waals surface area contributed by atoms with Crippen LogP contribution in [0.25, 0.3) is 5.52 Å². The van der Waals surface area contributed by atoms with Gasteiger partial charge in [0.2, 0.25) is 0 Å². The lowest BCUT2D eigenvalue weighted by atomic mass is 9.74. The number of carbonyl (C=O) groups excluding carboxylic acids is 1. The first-order valence-corrected chi connectivity index (χ1v) is 10.6. The Kier molecular flexibility index (Phi) is 5.47. The van der Waals surface area contributed by atoms with Crippen molar-refractivity contribution in [3.05, 3.63) is 40.7 Å². The SMILES string of the molecule is CC1CC(O)(CCC(=O)c2cc(C3CCOC3)n3cccc(Cl)c23)CCC1(F)F. The average molecular weight is 426 g/mol. The molecule has 158 valence electrons. The molecule has 0 radical (unpaired) electrons. The second-order valence-electron chi connectivity index (χ2n) is 8.63. The van der Waals surface area contributed by atoms with Crippen molar-refractivity contribution in [1.82, 2.24) is 4.40 Å². The Morgan fingerprint density at radius 1 is 1.41 bits per heavy atom. The molecule has 1 saturated heterocycles. The van der Waals surface area contributed by atoms with Crippen molar-refractivity contribution in [2.75, 3.05) is 13.2 Å². The Labute approximate surface area is 173 Å². The van der Waals surface area contributed by atoms with E-state index in [4.69, 9.17) is 16.3 Å². The highest BCUT2D eigenvalue weighted by Crippen LogP contribution is 2.44. The molecule has 3 heterocycles. The number of ether oxygens (including phenoxy) is 1. The molecule has 4 nitrogen and oxygen atoms in total. The van der Waals surface area contributed by atoms with Gasteiger partial charge in [-0.1, -0.05) is 18.5 Å². The molecule has 0 bridgehead atoms. The number of Topliss-reactive ketones (excluding diaryl/α,β-unsaturated/α-hetero) is 1. The molecule has 4 rings (SSSR count). The lowest BCUT2D eigenvalue weighted by Gasteiger charge is -2.40. The van der Waals surface area contributed by atoms with Gasteiger partial charge >= 0.3 is 0 Å². The summed E-state index contributed by atoms with van der Waals surface area (Å²) in [5, 5.41) is 11.3. The Morgan fingerprint density at radius 2 is 2.21 bits per heavy atom. The molecule has 1 aliphatic heterocycles. The number of rotatable bonds is 5. The minimum atomic E-state index is -2.75. The standard InChI is InChI=1S/C22H26ClF2NO3/c1-14-12-21(28,7-8-22(14,24)25)6-4-19(27)16-11-18(15-5-10-29-13-15)26-9-2-3-17(23)20(16)26/h2-3,9,11,14-15,28H,4-8,10,12-13H2,1H3. The van der Waals surface area contributed by atoms with E-state index < -0.39 is 17.4 Å². The smallest absolute Gasteiger partial charge is 0.250 e. The van der Waals surface area contributed by atoms with E-state index in [1.54, 1.807) is 6.07 Å². The third-order valence-electron chi connectivity index (χ3n) is 6.57. The number of nitrogens with zero attached hydrogens (tertiary/aromatic N) is 1. The Hall–Kier alpha value is -1.50. The van der Waals surface area contributed by atoms with E-state index in [1.807, 2.05) is 22.7 Å². The summed E-state index contributed by atoms with van der Waals surface area (Å²) < 4.78 is 35.0. The van der Waals surface area contributed by atoms with Crippen molar-refractivity contribution in [2.45, 2.75) is 62.9 Å². The highest BCUT2D eigenvalue weighted by Gasteiger charge is 2.47. The average Bonchev–Trinajstić information content (AvgIpc) is 3.32. The molecule has 2 aliphatic rings. The molecule has 29 heavy (non-hydrogen) atoms. The van der Waals surface area contributed by atoms with Crippen LogP contribution in [0.1, 0.15) is 67.4 Å². The predicted octanol–water partition coefficient (Wildman–Crippen LogP) is 5.25. The summed E-state index contributed by atoms with van der Waals surface area (Å²) in [6.07, 6.45) is 2.73. The third-order valence-corrected chi connectivity index (χ3v) is 6.87. The maximum atomic E-state index is 13.8. The molecule has 0 aromatic carbocycles. The number of alkyl halides is 2. The van der Waals surface area contributed by atoms with Gasteiger partial charge in [-0.25, -0.2) is 8.78 Å². The van der Waals surface area contributed by atoms with Crippen molar-refractivity contribution >= 4 is 22.9 Å². The molecular weight excluding hydrogens is 400 g/mol. The van der Waals surface area contributed by atoms with E-state index in [-0.39, 0.29) is 43.8 Å². The quantitative estimate of drug-likeness (QED) is 0.666. The van der Waals surface area contributed by atoms with Crippen LogP contribution in [0, 0.1) is 5.92 Å². The molecule has 2 fully saturated rings.